The zero-order chi connectivity index (χ0) is 23.9. The summed E-state index contributed by atoms with van der Waals surface area (Å²) in [6.45, 7) is 7.37. The van der Waals surface area contributed by atoms with E-state index in [-0.39, 0.29) is 5.91 Å². The van der Waals surface area contributed by atoms with Crippen molar-refractivity contribution in [3.63, 3.8) is 0 Å². The first-order valence-electron chi connectivity index (χ1n) is 11.8. The Kier molecular flexibility index (Phi) is 5.71. The monoisotopic (exact) mass is 461 g/mol. The van der Waals surface area contributed by atoms with Crippen molar-refractivity contribution in [2.75, 3.05) is 45.3 Å². The van der Waals surface area contributed by atoms with E-state index in [1.54, 1.807) is 14.2 Å². The Morgan fingerprint density at radius 1 is 0.941 bits per heavy atom. The molecule has 0 unspecified atom stereocenters. The highest BCUT2D eigenvalue weighted by atomic mass is 16.5. The second-order valence-electron chi connectivity index (χ2n) is 9.30. The van der Waals surface area contributed by atoms with Crippen molar-refractivity contribution < 1.29 is 18.8 Å². The summed E-state index contributed by atoms with van der Waals surface area (Å²) >= 11 is 0. The van der Waals surface area contributed by atoms with Gasteiger partial charge >= 0.3 is 0 Å². The highest BCUT2D eigenvalue weighted by Crippen LogP contribution is 2.50. The Hall–Kier alpha value is -3.48. The molecule has 34 heavy (non-hydrogen) atoms. The molecule has 7 nitrogen and oxygen atoms in total. The second-order valence-corrected chi connectivity index (χ2v) is 9.30. The molecule has 1 aliphatic carbocycles. The highest BCUT2D eigenvalue weighted by molar-refractivity contribution is 5.91. The number of carbonyl (C=O) groups excluding carboxylic acids is 1. The molecule has 178 valence electrons. The Bertz CT molecular complexity index is 1210. The molecule has 2 aliphatic rings. The van der Waals surface area contributed by atoms with Crippen molar-refractivity contribution in [2.24, 2.45) is 0 Å². The Morgan fingerprint density at radius 2 is 1.68 bits per heavy atom. The van der Waals surface area contributed by atoms with Crippen molar-refractivity contribution in [1.29, 1.82) is 0 Å². The van der Waals surface area contributed by atoms with Gasteiger partial charge in [0.05, 0.1) is 25.3 Å². The third-order valence-corrected chi connectivity index (χ3v) is 7.10. The van der Waals surface area contributed by atoms with Gasteiger partial charge in [-0.15, -0.1) is 0 Å². The number of carbonyl (C=O) groups is 1. The van der Waals surface area contributed by atoms with E-state index in [0.717, 1.165) is 37.2 Å². The normalized spacial score (nSPS) is 16.9. The molecule has 0 spiro atoms. The summed E-state index contributed by atoms with van der Waals surface area (Å²) in [6.07, 6.45) is 1.61. The molecule has 1 amide bonds. The van der Waals surface area contributed by atoms with E-state index < -0.39 is 5.41 Å². The van der Waals surface area contributed by atoms with Crippen molar-refractivity contribution in [2.45, 2.75) is 32.1 Å². The number of hydrogen-bond donors (Lipinski definition) is 0. The van der Waals surface area contributed by atoms with Crippen LogP contribution in [-0.2, 0) is 10.2 Å². The molecule has 0 radical (unpaired) electrons. The summed E-state index contributed by atoms with van der Waals surface area (Å²) in [5.74, 6) is 2.06. The lowest BCUT2D eigenvalue weighted by Gasteiger charge is -2.38. The number of ether oxygens (including phenoxy) is 2. The van der Waals surface area contributed by atoms with Gasteiger partial charge in [0, 0.05) is 43.5 Å². The number of methoxy groups -OCH3 is 2. The summed E-state index contributed by atoms with van der Waals surface area (Å²) in [4.78, 5) is 18.0. The van der Waals surface area contributed by atoms with Gasteiger partial charge < -0.3 is 23.8 Å². The van der Waals surface area contributed by atoms with Crippen LogP contribution in [0.3, 0.4) is 0 Å². The summed E-state index contributed by atoms with van der Waals surface area (Å²) < 4.78 is 16.4. The van der Waals surface area contributed by atoms with Gasteiger partial charge in [-0.25, -0.2) is 0 Å². The Balaban J connectivity index is 1.30. The number of piperazine rings is 1. The van der Waals surface area contributed by atoms with Crippen molar-refractivity contribution >= 4 is 11.6 Å². The predicted octanol–water partition coefficient (Wildman–Crippen LogP) is 4.36. The topological polar surface area (TPSA) is 68.0 Å². The van der Waals surface area contributed by atoms with E-state index in [1.807, 2.05) is 29.2 Å². The fourth-order valence-electron chi connectivity index (χ4n) is 4.84. The van der Waals surface area contributed by atoms with Gasteiger partial charge in [-0.2, -0.15) is 0 Å². The molecule has 5 rings (SSSR count). The van der Waals surface area contributed by atoms with Gasteiger partial charge in [0.15, 0.2) is 17.3 Å². The third kappa shape index (κ3) is 3.89. The number of aryl methyl sites for hydroxylation is 2. The minimum Gasteiger partial charge on any atom is -0.493 e. The lowest BCUT2D eigenvalue weighted by atomic mass is 9.98. The van der Waals surface area contributed by atoms with E-state index in [2.05, 4.69) is 42.1 Å². The number of benzene rings is 2. The zero-order valence-electron chi connectivity index (χ0n) is 20.3. The van der Waals surface area contributed by atoms with Gasteiger partial charge in [-0.1, -0.05) is 17.3 Å². The molecule has 1 saturated heterocycles. The van der Waals surface area contributed by atoms with E-state index in [0.29, 0.717) is 30.3 Å². The second kappa shape index (κ2) is 8.70. The summed E-state index contributed by atoms with van der Waals surface area (Å²) in [6, 6.07) is 14.0. The summed E-state index contributed by atoms with van der Waals surface area (Å²) in [7, 11) is 3.21. The quantitative estimate of drug-likeness (QED) is 0.544. The molecule has 1 saturated carbocycles. The largest absolute Gasteiger partial charge is 0.493 e. The standard InChI is InChI=1S/C27H31N3O4/c1-18-5-6-19(2)21(15-18)29-11-13-30(14-12-29)26(31)27(9-10-27)25-17-23(34-28-25)20-7-8-22(32-3)24(16-20)33-4/h5-8,15-17H,9-14H2,1-4H3. The molecule has 2 heterocycles. The van der Waals surface area contributed by atoms with E-state index in [1.165, 1.54) is 16.8 Å². The molecule has 2 fully saturated rings. The average Bonchev–Trinajstić information content (AvgIpc) is 3.53. The molecule has 0 atom stereocenters. The fraction of sp³-hybridized carbons (Fsp3) is 0.407. The third-order valence-electron chi connectivity index (χ3n) is 7.10. The number of aromatic nitrogens is 1. The molecule has 7 heteroatoms. The van der Waals surface area contributed by atoms with Crippen LogP contribution in [0.5, 0.6) is 11.5 Å². The van der Waals surface area contributed by atoms with Crippen LogP contribution in [0.4, 0.5) is 5.69 Å². The lowest BCUT2D eigenvalue weighted by molar-refractivity contribution is -0.134. The van der Waals surface area contributed by atoms with Crippen LogP contribution in [0, 0.1) is 13.8 Å². The van der Waals surface area contributed by atoms with Crippen molar-refractivity contribution in [3.05, 3.63) is 59.3 Å². The molecule has 0 bridgehead atoms. The Labute approximate surface area is 200 Å². The minimum atomic E-state index is -0.556. The van der Waals surface area contributed by atoms with Crippen molar-refractivity contribution in [1.82, 2.24) is 10.1 Å². The number of rotatable bonds is 6. The number of amides is 1. The number of anilines is 1. The van der Waals surface area contributed by atoms with E-state index >= 15 is 0 Å². The SMILES string of the molecule is COc1ccc(-c2cc(C3(C(=O)N4CCN(c5cc(C)ccc5C)CC4)CC3)no2)cc1OC. The maximum absolute atomic E-state index is 13.6. The van der Waals surface area contributed by atoms with Crippen LogP contribution in [0.1, 0.15) is 29.7 Å². The van der Waals surface area contributed by atoms with Crippen LogP contribution < -0.4 is 14.4 Å². The zero-order valence-corrected chi connectivity index (χ0v) is 20.3. The average molecular weight is 462 g/mol. The molecule has 3 aromatic rings. The van der Waals surface area contributed by atoms with Crippen LogP contribution >= 0.6 is 0 Å². The lowest BCUT2D eigenvalue weighted by Crippen LogP contribution is -2.51. The molecular formula is C27H31N3O4. The van der Waals surface area contributed by atoms with Gasteiger partial charge in [0.1, 0.15) is 0 Å². The van der Waals surface area contributed by atoms with E-state index in [9.17, 15) is 4.79 Å². The van der Waals surface area contributed by atoms with Gasteiger partial charge in [-0.3, -0.25) is 4.79 Å². The smallest absolute Gasteiger partial charge is 0.235 e. The minimum absolute atomic E-state index is 0.167. The molecule has 1 aromatic heterocycles. The van der Waals surface area contributed by atoms with Gasteiger partial charge in [0.2, 0.25) is 5.91 Å². The van der Waals surface area contributed by atoms with E-state index in [4.69, 9.17) is 14.0 Å². The first-order valence-corrected chi connectivity index (χ1v) is 11.8. The number of hydrogen-bond acceptors (Lipinski definition) is 6. The van der Waals surface area contributed by atoms with Gasteiger partial charge in [-0.05, 0) is 62.1 Å². The maximum atomic E-state index is 13.6. The molecule has 1 aliphatic heterocycles. The van der Waals surface area contributed by atoms with Crippen LogP contribution in [0.15, 0.2) is 47.0 Å². The fourth-order valence-corrected chi connectivity index (χ4v) is 4.84. The summed E-state index contributed by atoms with van der Waals surface area (Å²) in [5.41, 5.74) is 4.80. The molecular weight excluding hydrogens is 430 g/mol. The van der Waals surface area contributed by atoms with Gasteiger partial charge in [0.25, 0.3) is 0 Å². The van der Waals surface area contributed by atoms with Crippen molar-refractivity contribution in [3.8, 4) is 22.8 Å². The van der Waals surface area contributed by atoms with Crippen LogP contribution in [0.2, 0.25) is 0 Å². The molecule has 0 N–H and O–H groups in total. The highest BCUT2D eigenvalue weighted by Gasteiger charge is 2.55. The van der Waals surface area contributed by atoms with Crippen LogP contribution in [-0.4, -0.2) is 56.4 Å². The maximum Gasteiger partial charge on any atom is 0.235 e. The number of nitrogens with zero attached hydrogens (tertiary/aromatic N) is 3. The van der Waals surface area contributed by atoms with Crippen LogP contribution in [0.25, 0.3) is 11.3 Å². The molecule has 2 aromatic carbocycles. The first kappa shape index (κ1) is 22.3. The predicted molar refractivity (Wildman–Crippen MR) is 131 cm³/mol. The first-order chi connectivity index (χ1) is 16.4. The summed E-state index contributed by atoms with van der Waals surface area (Å²) in [5, 5.41) is 4.32. The Morgan fingerprint density at radius 3 is 2.35 bits per heavy atom.